The van der Waals surface area contributed by atoms with Crippen LogP contribution in [-0.2, 0) is 20.9 Å². The van der Waals surface area contributed by atoms with Crippen LogP contribution in [0.15, 0.2) is 24.3 Å². The Bertz CT molecular complexity index is 640. The maximum atomic E-state index is 13.4. The lowest BCUT2D eigenvalue weighted by Crippen LogP contribution is -2.57. The van der Waals surface area contributed by atoms with Crippen LogP contribution >= 0.6 is 0 Å². The Morgan fingerprint density at radius 1 is 1.32 bits per heavy atom. The van der Waals surface area contributed by atoms with Gasteiger partial charge in [-0.25, -0.2) is 4.39 Å². The number of morpholine rings is 1. The normalized spacial score (nSPS) is 24.9. The Morgan fingerprint density at radius 2 is 2.16 bits per heavy atom. The summed E-state index contributed by atoms with van der Waals surface area (Å²) in [5.74, 6) is -0.974. The average Bonchev–Trinajstić information content (AvgIpc) is 2.61. The van der Waals surface area contributed by atoms with Crippen molar-refractivity contribution in [1.82, 2.24) is 9.80 Å². The van der Waals surface area contributed by atoms with Crippen molar-refractivity contribution in [2.24, 2.45) is 11.7 Å². The number of hydrogen-bond donors (Lipinski definition) is 1. The molecule has 136 valence electrons. The van der Waals surface area contributed by atoms with Gasteiger partial charge in [0.05, 0.1) is 19.1 Å². The zero-order valence-electron chi connectivity index (χ0n) is 14.2. The fraction of sp³-hybridized carbons (Fsp3) is 0.556. The highest BCUT2D eigenvalue weighted by atomic mass is 19.1. The van der Waals surface area contributed by atoms with Gasteiger partial charge in [-0.2, -0.15) is 0 Å². The largest absolute Gasteiger partial charge is 0.377 e. The van der Waals surface area contributed by atoms with E-state index in [4.69, 9.17) is 10.5 Å². The molecule has 2 atom stereocenters. The van der Waals surface area contributed by atoms with Gasteiger partial charge in [0.15, 0.2) is 0 Å². The van der Waals surface area contributed by atoms with Crippen molar-refractivity contribution < 1.29 is 18.7 Å². The van der Waals surface area contributed by atoms with E-state index in [1.54, 1.807) is 11.0 Å². The van der Waals surface area contributed by atoms with E-state index in [1.165, 1.54) is 12.1 Å². The first kappa shape index (κ1) is 17.8. The van der Waals surface area contributed by atoms with Gasteiger partial charge in [0.1, 0.15) is 11.9 Å². The molecule has 7 heteroatoms. The molecule has 25 heavy (non-hydrogen) atoms. The van der Waals surface area contributed by atoms with Gasteiger partial charge >= 0.3 is 0 Å². The van der Waals surface area contributed by atoms with Crippen molar-refractivity contribution in [1.29, 1.82) is 0 Å². The molecule has 0 aliphatic carbocycles. The second-order valence-electron chi connectivity index (χ2n) is 6.73. The first-order valence-electron chi connectivity index (χ1n) is 8.69. The number of ether oxygens (including phenoxy) is 1. The van der Waals surface area contributed by atoms with Crippen LogP contribution in [0.3, 0.4) is 0 Å². The second kappa shape index (κ2) is 7.93. The van der Waals surface area contributed by atoms with E-state index < -0.39 is 11.9 Å². The minimum absolute atomic E-state index is 0.0314. The average molecular weight is 349 g/mol. The first-order chi connectivity index (χ1) is 12.0. The molecule has 1 aromatic rings. The Balaban J connectivity index is 1.64. The predicted octanol–water partition coefficient (Wildman–Crippen LogP) is 0.750. The highest BCUT2D eigenvalue weighted by Gasteiger charge is 2.36. The van der Waals surface area contributed by atoms with Crippen LogP contribution in [0.2, 0.25) is 0 Å². The number of carbonyl (C=O) groups is 2. The van der Waals surface area contributed by atoms with Crippen molar-refractivity contribution in [3.63, 3.8) is 0 Å². The summed E-state index contributed by atoms with van der Waals surface area (Å²) in [6.45, 7) is 3.09. The summed E-state index contributed by atoms with van der Waals surface area (Å²) in [6, 6.07) is 5.85. The molecule has 2 amide bonds. The van der Waals surface area contributed by atoms with Crippen LogP contribution in [0.1, 0.15) is 18.4 Å². The number of benzene rings is 1. The zero-order valence-corrected chi connectivity index (χ0v) is 14.2. The lowest BCUT2D eigenvalue weighted by molar-refractivity contribution is -0.151. The molecule has 2 heterocycles. The van der Waals surface area contributed by atoms with Crippen LogP contribution in [0, 0.1) is 11.7 Å². The van der Waals surface area contributed by atoms with Gasteiger partial charge in [-0.1, -0.05) is 12.1 Å². The first-order valence-corrected chi connectivity index (χ1v) is 8.69. The molecule has 1 aromatic carbocycles. The molecule has 0 bridgehead atoms. The molecule has 2 N–H and O–H groups in total. The van der Waals surface area contributed by atoms with Gasteiger partial charge in [0.2, 0.25) is 11.8 Å². The third kappa shape index (κ3) is 4.35. The minimum Gasteiger partial charge on any atom is -0.377 e. The van der Waals surface area contributed by atoms with Crippen LogP contribution in [-0.4, -0.2) is 60.5 Å². The van der Waals surface area contributed by atoms with E-state index in [2.05, 4.69) is 4.90 Å². The molecule has 0 saturated carbocycles. The summed E-state index contributed by atoms with van der Waals surface area (Å²) in [4.78, 5) is 28.2. The number of halogens is 1. The molecule has 3 rings (SSSR count). The van der Waals surface area contributed by atoms with Gasteiger partial charge in [0, 0.05) is 19.6 Å². The van der Waals surface area contributed by atoms with Crippen LogP contribution < -0.4 is 5.73 Å². The van der Waals surface area contributed by atoms with E-state index in [1.807, 2.05) is 6.07 Å². The third-order valence-corrected chi connectivity index (χ3v) is 4.89. The SMILES string of the molecule is NC(=O)[C@H]1COCCN1C(=O)[C@@H]1CCCN(Cc2cccc(F)c2)C1. The molecule has 6 nitrogen and oxygen atoms in total. The van der Waals surface area contributed by atoms with E-state index >= 15 is 0 Å². The number of piperidine rings is 1. The number of hydrogen-bond acceptors (Lipinski definition) is 4. The summed E-state index contributed by atoms with van der Waals surface area (Å²) in [5.41, 5.74) is 6.31. The van der Waals surface area contributed by atoms with E-state index in [0.29, 0.717) is 26.2 Å². The van der Waals surface area contributed by atoms with Crippen LogP contribution in [0.5, 0.6) is 0 Å². The molecule has 0 unspecified atom stereocenters. The molecular weight excluding hydrogens is 325 g/mol. The molecule has 2 saturated heterocycles. The maximum absolute atomic E-state index is 13.4. The topological polar surface area (TPSA) is 75.9 Å². The number of nitrogens with two attached hydrogens (primary N) is 1. The zero-order chi connectivity index (χ0) is 17.8. The number of amides is 2. The second-order valence-corrected chi connectivity index (χ2v) is 6.73. The molecule has 2 aliphatic rings. The van der Waals surface area contributed by atoms with Gasteiger partial charge in [0.25, 0.3) is 0 Å². The highest BCUT2D eigenvalue weighted by Crippen LogP contribution is 2.22. The van der Waals surface area contributed by atoms with E-state index in [9.17, 15) is 14.0 Å². The third-order valence-electron chi connectivity index (χ3n) is 4.89. The summed E-state index contributed by atoms with van der Waals surface area (Å²) < 4.78 is 18.6. The summed E-state index contributed by atoms with van der Waals surface area (Å²) in [5, 5.41) is 0. The van der Waals surface area contributed by atoms with Gasteiger partial charge in [-0.3, -0.25) is 14.5 Å². The van der Waals surface area contributed by atoms with Crippen molar-refractivity contribution in [2.75, 3.05) is 32.8 Å². The quantitative estimate of drug-likeness (QED) is 0.870. The molecule has 2 fully saturated rings. The Hall–Kier alpha value is -1.99. The highest BCUT2D eigenvalue weighted by molar-refractivity contribution is 5.88. The standard InChI is InChI=1S/C18H24FN3O3/c19-15-5-1-3-13(9-15)10-21-6-2-4-14(11-21)18(24)22-7-8-25-12-16(22)17(20)23/h1,3,5,9,14,16H,2,4,6-8,10-12H2,(H2,20,23)/t14-,16-/m1/s1. The molecule has 0 spiro atoms. The van der Waals surface area contributed by atoms with Crippen molar-refractivity contribution in [2.45, 2.75) is 25.4 Å². The number of nitrogens with zero attached hydrogens (tertiary/aromatic N) is 2. The van der Waals surface area contributed by atoms with Crippen LogP contribution in [0.25, 0.3) is 0 Å². The fourth-order valence-electron chi connectivity index (χ4n) is 3.63. The Kier molecular flexibility index (Phi) is 5.65. The fourth-order valence-corrected chi connectivity index (χ4v) is 3.63. The summed E-state index contributed by atoms with van der Waals surface area (Å²) >= 11 is 0. The molecule has 2 aliphatic heterocycles. The van der Waals surface area contributed by atoms with E-state index in [-0.39, 0.29) is 24.2 Å². The van der Waals surface area contributed by atoms with Gasteiger partial charge in [-0.15, -0.1) is 0 Å². The molecule has 0 radical (unpaired) electrons. The summed E-state index contributed by atoms with van der Waals surface area (Å²) in [6.07, 6.45) is 1.69. The smallest absolute Gasteiger partial charge is 0.242 e. The number of carbonyl (C=O) groups excluding carboxylic acids is 2. The van der Waals surface area contributed by atoms with Crippen molar-refractivity contribution in [3.8, 4) is 0 Å². The molecule has 0 aromatic heterocycles. The number of rotatable bonds is 4. The monoisotopic (exact) mass is 349 g/mol. The molecular formula is C18H24FN3O3. The summed E-state index contributed by atoms with van der Waals surface area (Å²) in [7, 11) is 0. The van der Waals surface area contributed by atoms with Gasteiger partial charge < -0.3 is 15.4 Å². The lowest BCUT2D eigenvalue weighted by atomic mass is 9.95. The van der Waals surface area contributed by atoms with E-state index in [0.717, 1.165) is 24.9 Å². The Labute approximate surface area is 146 Å². The predicted molar refractivity (Wildman–Crippen MR) is 89.9 cm³/mol. The maximum Gasteiger partial charge on any atom is 0.242 e. The van der Waals surface area contributed by atoms with Crippen molar-refractivity contribution >= 4 is 11.8 Å². The number of likely N-dealkylation sites (tertiary alicyclic amines) is 1. The Morgan fingerprint density at radius 3 is 2.92 bits per heavy atom. The lowest BCUT2D eigenvalue weighted by Gasteiger charge is -2.39. The van der Waals surface area contributed by atoms with Crippen molar-refractivity contribution in [3.05, 3.63) is 35.6 Å². The van der Waals surface area contributed by atoms with Gasteiger partial charge in [-0.05, 0) is 37.1 Å². The van der Waals surface area contributed by atoms with Crippen LogP contribution in [0.4, 0.5) is 4.39 Å². The number of primary amides is 1. The minimum atomic E-state index is -0.681.